The molecular formula is C41H42BrN5O6. The highest BCUT2D eigenvalue weighted by molar-refractivity contribution is 9.10. The summed E-state index contributed by atoms with van der Waals surface area (Å²) in [4.78, 5) is 9.28. The van der Waals surface area contributed by atoms with Gasteiger partial charge in [-0.05, 0) is 83.6 Å². The van der Waals surface area contributed by atoms with E-state index in [4.69, 9.17) is 39.9 Å². The van der Waals surface area contributed by atoms with Gasteiger partial charge in [0.25, 0.3) is 12.0 Å². The first-order valence-corrected chi connectivity index (χ1v) is 18.1. The molecule has 0 saturated carbocycles. The lowest BCUT2D eigenvalue weighted by Gasteiger charge is -2.33. The van der Waals surface area contributed by atoms with Crippen molar-refractivity contribution in [2.45, 2.75) is 52.6 Å². The maximum absolute atomic E-state index is 9.31. The zero-order chi connectivity index (χ0) is 37.8. The van der Waals surface area contributed by atoms with E-state index in [2.05, 4.69) is 73.5 Å². The third-order valence-electron chi connectivity index (χ3n) is 8.98. The van der Waals surface area contributed by atoms with Gasteiger partial charge >= 0.3 is 0 Å². The number of nitrogens with two attached hydrogens (primary N) is 2. The molecule has 0 amide bonds. The second kappa shape index (κ2) is 13.2. The molecule has 0 aromatic heterocycles. The van der Waals surface area contributed by atoms with Gasteiger partial charge in [-0.3, -0.25) is 0 Å². The highest BCUT2D eigenvalue weighted by Crippen LogP contribution is 2.53. The molecule has 274 valence electrons. The first-order valence-electron chi connectivity index (χ1n) is 17.3. The van der Waals surface area contributed by atoms with E-state index in [0.29, 0.717) is 36.9 Å². The predicted molar refractivity (Wildman–Crippen MR) is 205 cm³/mol. The molecule has 0 fully saturated rings. The van der Waals surface area contributed by atoms with Crippen LogP contribution in [0.3, 0.4) is 0 Å². The average molecular weight is 781 g/mol. The fourth-order valence-corrected chi connectivity index (χ4v) is 6.85. The second-order valence-electron chi connectivity index (χ2n) is 15.9. The molecule has 12 heteroatoms. The molecule has 4 aromatic rings. The lowest BCUT2D eigenvalue weighted by molar-refractivity contribution is 0.197. The molecule has 2 spiro atoms. The van der Waals surface area contributed by atoms with Crippen LogP contribution in [-0.4, -0.2) is 38.5 Å². The fraction of sp³-hybridized carbons (Fsp3) is 0.341. The zero-order valence-electron chi connectivity index (χ0n) is 30.6. The van der Waals surface area contributed by atoms with E-state index in [1.807, 2.05) is 54.6 Å². The minimum absolute atomic E-state index is 0.0391. The van der Waals surface area contributed by atoms with Crippen LogP contribution in [0.5, 0.6) is 34.5 Å². The minimum atomic E-state index is -0.846. The zero-order valence-corrected chi connectivity index (χ0v) is 32.2. The van der Waals surface area contributed by atoms with Crippen molar-refractivity contribution in [1.82, 2.24) is 0 Å². The molecular weight excluding hydrogens is 738 g/mol. The monoisotopic (exact) mass is 779 g/mol. The Morgan fingerprint density at radius 1 is 0.660 bits per heavy atom. The number of amidine groups is 2. The van der Waals surface area contributed by atoms with Crippen LogP contribution in [0.25, 0.3) is 0 Å². The number of hydrogen-bond acceptors (Lipinski definition) is 11. The standard InChI is InChI=1S/C21H21N3O3.C20H21BrN2O3/c1-20(2,3)11-25-14-5-7-18-16(9-14)21(12-26-19(23)24-21)15-8-13(10-22)4-6-17(15)27-18;1-19(2,3)10-24-13-5-7-17-15(9-13)20(11-25-18(22)23-20)14-8-12(21)4-6-16(14)26-17/h4-9H,11-12H2,1-3H3,(H2,23,24);4-9H,10-11H2,1-3H3,(H2,22,23)/t21-;20-/m11/s1. The number of nitrogens with zero attached hydrogens (tertiary/aromatic N) is 3. The van der Waals surface area contributed by atoms with Gasteiger partial charge in [0, 0.05) is 26.7 Å². The van der Waals surface area contributed by atoms with E-state index in [9.17, 15) is 5.26 Å². The third-order valence-corrected chi connectivity index (χ3v) is 9.47. The summed E-state index contributed by atoms with van der Waals surface area (Å²) in [5.74, 6) is 4.33. The molecule has 4 aliphatic heterocycles. The largest absolute Gasteiger partial charge is 0.493 e. The molecule has 53 heavy (non-hydrogen) atoms. The van der Waals surface area contributed by atoms with Crippen LogP contribution >= 0.6 is 15.9 Å². The van der Waals surface area contributed by atoms with Crippen molar-refractivity contribution in [1.29, 1.82) is 5.26 Å². The Balaban J connectivity index is 0.000000164. The van der Waals surface area contributed by atoms with Gasteiger partial charge < -0.3 is 39.9 Å². The lowest BCUT2D eigenvalue weighted by Crippen LogP contribution is -2.31. The van der Waals surface area contributed by atoms with Crippen LogP contribution in [0.1, 0.15) is 69.4 Å². The normalized spacial score (nSPS) is 20.3. The van der Waals surface area contributed by atoms with Crippen molar-refractivity contribution >= 4 is 28.0 Å². The van der Waals surface area contributed by atoms with Gasteiger partial charge in [-0.2, -0.15) is 5.26 Å². The SMILES string of the molecule is CC(C)(C)COc1ccc2c(c1)[C@@]1(COC(N)=N1)c1cc(Br)ccc1O2.CC(C)(C)COc1ccc2c(c1)[C@@]1(COC(N)=N1)c1cc(C#N)ccc1O2. The Morgan fingerprint density at radius 3 is 1.49 bits per heavy atom. The number of ether oxygens (including phenoxy) is 6. The predicted octanol–water partition coefficient (Wildman–Crippen LogP) is 8.25. The number of fused-ring (bicyclic) bond motifs is 8. The van der Waals surface area contributed by atoms with Crippen LogP contribution in [0.4, 0.5) is 0 Å². The molecule has 0 aliphatic carbocycles. The van der Waals surface area contributed by atoms with Crippen molar-refractivity contribution in [3.63, 3.8) is 0 Å². The van der Waals surface area contributed by atoms with Gasteiger partial charge in [-0.15, -0.1) is 0 Å². The Morgan fingerprint density at radius 2 is 1.08 bits per heavy atom. The van der Waals surface area contributed by atoms with E-state index in [0.717, 1.165) is 49.7 Å². The number of hydrogen-bond donors (Lipinski definition) is 2. The van der Waals surface area contributed by atoms with Crippen LogP contribution in [0, 0.1) is 22.2 Å². The topological polar surface area (TPSA) is 156 Å². The maximum Gasteiger partial charge on any atom is 0.283 e. The Bertz CT molecular complexity index is 2200. The maximum atomic E-state index is 9.31. The van der Waals surface area contributed by atoms with Gasteiger partial charge in [-0.1, -0.05) is 57.5 Å². The molecule has 0 bridgehead atoms. The summed E-state index contributed by atoms with van der Waals surface area (Å²) in [5.41, 5.74) is 14.2. The molecule has 4 aliphatic rings. The summed E-state index contributed by atoms with van der Waals surface area (Å²) >= 11 is 3.54. The van der Waals surface area contributed by atoms with Gasteiger partial charge in [0.1, 0.15) is 47.7 Å². The summed E-state index contributed by atoms with van der Waals surface area (Å²) in [7, 11) is 0. The molecule has 0 radical (unpaired) electrons. The number of benzene rings is 4. The minimum Gasteiger partial charge on any atom is -0.493 e. The molecule has 11 nitrogen and oxygen atoms in total. The molecule has 4 heterocycles. The smallest absolute Gasteiger partial charge is 0.283 e. The average Bonchev–Trinajstić information content (AvgIpc) is 3.70. The van der Waals surface area contributed by atoms with E-state index < -0.39 is 11.1 Å². The fourth-order valence-electron chi connectivity index (χ4n) is 6.49. The third kappa shape index (κ3) is 7.05. The molecule has 0 unspecified atom stereocenters. The first-order chi connectivity index (χ1) is 25.1. The lowest BCUT2D eigenvalue weighted by atomic mass is 9.81. The summed E-state index contributed by atoms with van der Waals surface area (Å²) in [6.07, 6.45) is 0. The van der Waals surface area contributed by atoms with Crippen molar-refractivity contribution in [2.24, 2.45) is 32.3 Å². The van der Waals surface area contributed by atoms with Crippen molar-refractivity contribution < 1.29 is 28.4 Å². The first kappa shape index (κ1) is 36.0. The Labute approximate surface area is 317 Å². The summed E-state index contributed by atoms with van der Waals surface area (Å²) in [5, 5.41) is 9.31. The van der Waals surface area contributed by atoms with E-state index in [1.165, 1.54) is 0 Å². The van der Waals surface area contributed by atoms with Crippen LogP contribution < -0.4 is 30.4 Å². The van der Waals surface area contributed by atoms with Crippen molar-refractivity contribution in [3.05, 3.63) is 105 Å². The van der Waals surface area contributed by atoms with Crippen LogP contribution in [0.2, 0.25) is 0 Å². The van der Waals surface area contributed by atoms with Gasteiger partial charge in [-0.25, -0.2) is 9.98 Å². The second-order valence-corrected chi connectivity index (χ2v) is 16.8. The van der Waals surface area contributed by atoms with Crippen molar-refractivity contribution in [2.75, 3.05) is 26.4 Å². The summed E-state index contributed by atoms with van der Waals surface area (Å²) < 4.78 is 36.2. The highest BCUT2D eigenvalue weighted by atomic mass is 79.9. The number of rotatable bonds is 4. The van der Waals surface area contributed by atoms with Gasteiger partial charge in [0.2, 0.25) is 0 Å². The molecule has 4 aromatic carbocycles. The summed E-state index contributed by atoms with van der Waals surface area (Å²) in [6, 6.07) is 25.2. The molecule has 0 saturated heterocycles. The number of nitriles is 1. The molecule has 4 N–H and O–H groups in total. The molecule has 2 atom stereocenters. The van der Waals surface area contributed by atoms with Crippen LogP contribution in [-0.2, 0) is 20.6 Å². The quantitative estimate of drug-likeness (QED) is 0.208. The Hall–Kier alpha value is -5.41. The van der Waals surface area contributed by atoms with Crippen LogP contribution in [0.15, 0.2) is 87.3 Å². The number of aliphatic imine (C=N–C) groups is 2. The Kier molecular flexibility index (Phi) is 8.97. The van der Waals surface area contributed by atoms with E-state index >= 15 is 0 Å². The highest BCUT2D eigenvalue weighted by Gasteiger charge is 2.48. The van der Waals surface area contributed by atoms with E-state index in [1.54, 1.807) is 18.2 Å². The van der Waals surface area contributed by atoms with Gasteiger partial charge in [0.15, 0.2) is 11.1 Å². The van der Waals surface area contributed by atoms with E-state index in [-0.39, 0.29) is 29.5 Å². The molecule has 8 rings (SSSR count). The van der Waals surface area contributed by atoms with Crippen molar-refractivity contribution in [3.8, 4) is 40.6 Å². The van der Waals surface area contributed by atoms with Gasteiger partial charge in [0.05, 0.1) is 24.8 Å². The summed E-state index contributed by atoms with van der Waals surface area (Å²) in [6.45, 7) is 14.5. The number of halogens is 1.